The zero-order valence-electron chi connectivity index (χ0n) is 22.5. The normalized spacial score (nSPS) is 11.3. The summed E-state index contributed by atoms with van der Waals surface area (Å²) in [6.07, 6.45) is 2.47. The van der Waals surface area contributed by atoms with Crippen LogP contribution in [-0.2, 0) is 27.4 Å². The largest absolute Gasteiger partial charge is 0.482 e. The molecule has 2 heterocycles. The van der Waals surface area contributed by atoms with Gasteiger partial charge in [0, 0.05) is 34.1 Å². The number of hydrogen-bond acceptors (Lipinski definition) is 8. The molecule has 2 aromatic carbocycles. The minimum Gasteiger partial charge on any atom is -0.482 e. The predicted molar refractivity (Wildman–Crippen MR) is 152 cm³/mol. The van der Waals surface area contributed by atoms with E-state index in [0.29, 0.717) is 44.7 Å². The highest BCUT2D eigenvalue weighted by atomic mass is 35.5. The number of rotatable bonds is 9. The molecule has 0 spiro atoms. The summed E-state index contributed by atoms with van der Waals surface area (Å²) in [7, 11) is 0. The van der Waals surface area contributed by atoms with E-state index < -0.39 is 17.7 Å². The lowest BCUT2D eigenvalue weighted by Gasteiger charge is -2.22. The van der Waals surface area contributed by atoms with Crippen LogP contribution in [0, 0.1) is 0 Å². The van der Waals surface area contributed by atoms with Crippen LogP contribution in [0.15, 0.2) is 49.1 Å². The summed E-state index contributed by atoms with van der Waals surface area (Å²) in [6, 6.07) is 10.4. The second-order valence-electron chi connectivity index (χ2n) is 9.76. The summed E-state index contributed by atoms with van der Waals surface area (Å²) in [5, 5.41) is 8.76. The lowest BCUT2D eigenvalue weighted by Crippen LogP contribution is -2.32. The van der Waals surface area contributed by atoms with Crippen molar-refractivity contribution in [1.29, 1.82) is 0 Å². The van der Waals surface area contributed by atoms with Crippen molar-refractivity contribution in [3.05, 3.63) is 70.2 Å². The van der Waals surface area contributed by atoms with Gasteiger partial charge in [0.05, 0.1) is 29.4 Å². The highest BCUT2D eigenvalue weighted by Crippen LogP contribution is 2.36. The first-order chi connectivity index (χ1) is 19.0. The predicted octanol–water partition coefficient (Wildman–Crippen LogP) is 5.82. The molecule has 0 saturated heterocycles. The Morgan fingerprint density at radius 3 is 2.55 bits per heavy atom. The van der Waals surface area contributed by atoms with Crippen LogP contribution in [0.25, 0.3) is 22.2 Å². The van der Waals surface area contributed by atoms with Crippen molar-refractivity contribution >= 4 is 46.2 Å². The van der Waals surface area contributed by atoms with Crippen molar-refractivity contribution in [3.8, 4) is 17.0 Å². The second-order valence-corrected chi connectivity index (χ2v) is 10.6. The molecule has 40 heavy (non-hydrogen) atoms. The Balaban J connectivity index is 1.86. The number of ether oxygens (including phenoxy) is 3. The van der Waals surface area contributed by atoms with Gasteiger partial charge in [0.25, 0.3) is 0 Å². The van der Waals surface area contributed by atoms with Gasteiger partial charge in [0.15, 0.2) is 6.61 Å². The summed E-state index contributed by atoms with van der Waals surface area (Å²) in [6.45, 7) is 7.55. The molecule has 210 valence electrons. The van der Waals surface area contributed by atoms with Crippen LogP contribution in [0.5, 0.6) is 5.75 Å². The van der Waals surface area contributed by atoms with Gasteiger partial charge >= 0.3 is 12.1 Å². The van der Waals surface area contributed by atoms with Crippen LogP contribution in [0.2, 0.25) is 10.0 Å². The Morgan fingerprint density at radius 1 is 1.07 bits per heavy atom. The molecule has 0 saturated carbocycles. The molecule has 0 unspecified atom stereocenters. The Morgan fingerprint density at radius 2 is 1.88 bits per heavy atom. The number of amides is 1. The number of nitrogens with zero attached hydrogens (tertiary/aromatic N) is 4. The quantitative estimate of drug-likeness (QED) is 0.244. The lowest BCUT2D eigenvalue weighted by atomic mass is 9.96. The van der Waals surface area contributed by atoms with Gasteiger partial charge in [-0.25, -0.2) is 24.2 Å². The third-order valence-electron chi connectivity index (χ3n) is 5.62. The van der Waals surface area contributed by atoms with Gasteiger partial charge in [-0.3, -0.25) is 0 Å². The fourth-order valence-electron chi connectivity index (χ4n) is 4.01. The summed E-state index contributed by atoms with van der Waals surface area (Å²) in [4.78, 5) is 33.5. The number of halogens is 2. The number of carbonyl (C=O) groups excluding carboxylic acids is 2. The average Bonchev–Trinajstić information content (AvgIpc) is 3.39. The first-order valence-corrected chi connectivity index (χ1v) is 13.3. The van der Waals surface area contributed by atoms with E-state index in [1.165, 1.54) is 6.33 Å². The summed E-state index contributed by atoms with van der Waals surface area (Å²) >= 11 is 12.8. The fraction of sp³-hybridized carbons (Fsp3) is 0.321. The Kier molecular flexibility index (Phi) is 9.11. The third kappa shape index (κ3) is 7.40. The average molecular weight is 586 g/mol. The molecular weight excluding hydrogens is 557 g/mol. The van der Waals surface area contributed by atoms with E-state index in [9.17, 15) is 9.59 Å². The molecule has 10 nitrogen and oxygen atoms in total. The van der Waals surface area contributed by atoms with Crippen LogP contribution in [0.4, 0.5) is 4.79 Å². The van der Waals surface area contributed by atoms with Gasteiger partial charge in [0.1, 0.15) is 24.0 Å². The van der Waals surface area contributed by atoms with Crippen molar-refractivity contribution in [2.24, 2.45) is 0 Å². The minimum atomic E-state index is -0.669. The van der Waals surface area contributed by atoms with Crippen LogP contribution in [0.1, 0.15) is 38.8 Å². The highest BCUT2D eigenvalue weighted by Gasteiger charge is 2.22. The van der Waals surface area contributed by atoms with Crippen molar-refractivity contribution in [1.82, 2.24) is 25.1 Å². The van der Waals surface area contributed by atoms with Gasteiger partial charge in [0.2, 0.25) is 0 Å². The van der Waals surface area contributed by atoms with Crippen LogP contribution in [-0.4, -0.2) is 50.6 Å². The molecule has 1 amide bonds. The van der Waals surface area contributed by atoms with Crippen LogP contribution in [0.3, 0.4) is 0 Å². The number of pyridine rings is 1. The van der Waals surface area contributed by atoms with Gasteiger partial charge in [-0.05, 0) is 63.6 Å². The zero-order chi connectivity index (χ0) is 28.9. The van der Waals surface area contributed by atoms with E-state index >= 15 is 0 Å². The molecule has 4 aromatic rings. The number of benzene rings is 2. The molecule has 0 aliphatic heterocycles. The highest BCUT2D eigenvalue weighted by molar-refractivity contribution is 6.36. The van der Waals surface area contributed by atoms with Crippen molar-refractivity contribution in [2.45, 2.75) is 46.4 Å². The number of carbonyl (C=O) groups is 2. The maximum absolute atomic E-state index is 12.6. The second kappa shape index (κ2) is 12.5. The molecule has 0 radical (unpaired) electrons. The maximum atomic E-state index is 12.6. The molecule has 0 fully saturated rings. The summed E-state index contributed by atoms with van der Waals surface area (Å²) in [5.74, 6) is -0.0350. The van der Waals surface area contributed by atoms with E-state index in [1.54, 1.807) is 69.0 Å². The van der Waals surface area contributed by atoms with Gasteiger partial charge in [-0.15, -0.1) is 0 Å². The van der Waals surface area contributed by atoms with Crippen molar-refractivity contribution in [3.63, 3.8) is 0 Å². The summed E-state index contributed by atoms with van der Waals surface area (Å²) < 4.78 is 17.7. The minimum absolute atomic E-state index is 0.0945. The number of aromatic nitrogens is 4. The molecule has 0 bridgehead atoms. The summed E-state index contributed by atoms with van der Waals surface area (Å²) in [5.41, 5.74) is 2.59. The first kappa shape index (κ1) is 29.1. The zero-order valence-corrected chi connectivity index (χ0v) is 24.0. The molecule has 4 rings (SSSR count). The smallest absolute Gasteiger partial charge is 0.407 e. The van der Waals surface area contributed by atoms with E-state index in [-0.39, 0.29) is 19.8 Å². The molecule has 0 aliphatic rings. The van der Waals surface area contributed by atoms with E-state index in [4.69, 9.17) is 42.4 Å². The Hall–Kier alpha value is -3.89. The van der Waals surface area contributed by atoms with Crippen molar-refractivity contribution in [2.75, 3.05) is 13.2 Å². The van der Waals surface area contributed by atoms with Gasteiger partial charge in [-0.2, -0.15) is 5.10 Å². The van der Waals surface area contributed by atoms with Crippen LogP contribution >= 0.6 is 23.2 Å². The third-order valence-corrected chi connectivity index (χ3v) is 6.17. The molecule has 0 aliphatic carbocycles. The molecule has 2 aromatic heterocycles. The molecular formula is C28H29Cl2N5O5. The monoisotopic (exact) mass is 585 g/mol. The lowest BCUT2D eigenvalue weighted by molar-refractivity contribution is -0.145. The number of alkyl carbamates (subject to hydrolysis) is 1. The van der Waals surface area contributed by atoms with E-state index in [0.717, 1.165) is 10.9 Å². The number of esters is 1. The molecule has 0 atom stereocenters. The number of nitrogens with one attached hydrogen (secondary N) is 1. The molecule has 1 N–H and O–H groups in total. The standard InChI is InChI=1S/C28H29Cl2N5O5/c1-5-38-25(36)14-39-18-7-9-19-22(13-35-16-31-15-33-35)21(12-32-27(37)40-28(2,3)4)26(34-24(19)11-18)20-8-6-17(29)10-23(20)30/h6-11,15-16H,5,12-14H2,1-4H3,(H,32,37). The van der Waals surface area contributed by atoms with E-state index in [2.05, 4.69) is 15.4 Å². The Bertz CT molecular complexity index is 1520. The van der Waals surface area contributed by atoms with Crippen molar-refractivity contribution < 1.29 is 23.8 Å². The SMILES string of the molecule is CCOC(=O)COc1ccc2c(Cn3cncn3)c(CNC(=O)OC(C)(C)C)c(-c3ccc(Cl)cc3Cl)nc2c1. The fourth-order valence-corrected chi connectivity index (χ4v) is 4.51. The molecule has 12 heteroatoms. The Labute approximate surface area is 241 Å². The maximum Gasteiger partial charge on any atom is 0.407 e. The topological polar surface area (TPSA) is 117 Å². The van der Waals surface area contributed by atoms with Gasteiger partial charge < -0.3 is 19.5 Å². The number of hydrogen-bond donors (Lipinski definition) is 1. The first-order valence-electron chi connectivity index (χ1n) is 12.5. The van der Waals surface area contributed by atoms with Gasteiger partial charge in [-0.1, -0.05) is 23.2 Å². The van der Waals surface area contributed by atoms with Crippen LogP contribution < -0.4 is 10.1 Å². The number of fused-ring (bicyclic) bond motifs is 1. The van der Waals surface area contributed by atoms with E-state index in [1.807, 2.05) is 6.07 Å².